The summed E-state index contributed by atoms with van der Waals surface area (Å²) in [6, 6.07) is 0. The number of aliphatic hydroxyl groups excluding tert-OH is 3. The zero-order valence-electron chi connectivity index (χ0n) is 6.69. The van der Waals surface area contributed by atoms with Gasteiger partial charge in [0.05, 0.1) is 12.1 Å². The summed E-state index contributed by atoms with van der Waals surface area (Å²) in [6.45, 7) is 1.41. The molecule has 0 aliphatic carbocycles. The molecular formula is C6H13BO4. The lowest BCUT2D eigenvalue weighted by Crippen LogP contribution is -2.40. The van der Waals surface area contributed by atoms with Crippen molar-refractivity contribution in [1.29, 1.82) is 0 Å². The maximum atomic E-state index is 9.34. The lowest BCUT2D eigenvalue weighted by molar-refractivity contribution is -0.0333. The van der Waals surface area contributed by atoms with Crippen LogP contribution in [0.1, 0.15) is 6.92 Å². The first-order valence-electron chi connectivity index (χ1n) is 3.64. The minimum Gasteiger partial charge on any atom is -0.394 e. The molecule has 0 amide bonds. The second kappa shape index (κ2) is 2.75. The summed E-state index contributed by atoms with van der Waals surface area (Å²) in [5, 5.41) is 27.3. The van der Waals surface area contributed by atoms with Crippen molar-refractivity contribution in [2.45, 2.75) is 30.7 Å². The highest BCUT2D eigenvalue weighted by Gasteiger charge is 2.47. The molecule has 0 saturated carbocycles. The van der Waals surface area contributed by atoms with Gasteiger partial charge in [0, 0.05) is 0 Å². The predicted octanol–water partition coefficient (Wildman–Crippen LogP) is -2.55. The third-order valence-electron chi connectivity index (χ3n) is 2.05. The summed E-state index contributed by atoms with van der Waals surface area (Å²) in [5.74, 6) is 0. The molecule has 0 bridgehead atoms. The Morgan fingerprint density at radius 2 is 2.09 bits per heavy atom. The predicted molar refractivity (Wildman–Crippen MR) is 40.9 cm³/mol. The molecule has 0 aromatic heterocycles. The molecule has 4 atom stereocenters. The molecule has 2 unspecified atom stereocenters. The molecule has 11 heavy (non-hydrogen) atoms. The molecule has 64 valence electrons. The fourth-order valence-electron chi connectivity index (χ4n) is 1.29. The molecule has 0 radical (unpaired) electrons. The van der Waals surface area contributed by atoms with Crippen molar-refractivity contribution in [1.82, 2.24) is 0 Å². The second-order valence-corrected chi connectivity index (χ2v) is 3.38. The lowest BCUT2D eigenvalue weighted by Gasteiger charge is -2.21. The highest BCUT2D eigenvalue weighted by molar-refractivity contribution is 6.15. The monoisotopic (exact) mass is 160 g/mol. The van der Waals surface area contributed by atoms with E-state index in [1.165, 1.54) is 0 Å². The molecule has 0 spiro atoms. The first kappa shape index (κ1) is 9.00. The van der Waals surface area contributed by atoms with E-state index < -0.39 is 23.8 Å². The molecule has 1 aliphatic heterocycles. The van der Waals surface area contributed by atoms with Crippen molar-refractivity contribution < 1.29 is 20.1 Å². The molecule has 0 aromatic rings. The SMILES string of the molecule is BC1(C)O[C@H](CO)[C@H](O)C1O. The molecule has 4 nitrogen and oxygen atoms in total. The van der Waals surface area contributed by atoms with Gasteiger partial charge in [-0.1, -0.05) is 0 Å². The second-order valence-electron chi connectivity index (χ2n) is 3.38. The van der Waals surface area contributed by atoms with Crippen LogP contribution in [0, 0.1) is 0 Å². The number of ether oxygens (including phenoxy) is 1. The molecule has 1 rings (SSSR count). The Balaban J connectivity index is 2.69. The van der Waals surface area contributed by atoms with Gasteiger partial charge in [0.25, 0.3) is 0 Å². The van der Waals surface area contributed by atoms with Crippen molar-refractivity contribution in [3.05, 3.63) is 0 Å². The maximum Gasteiger partial charge on any atom is 0.146 e. The zero-order chi connectivity index (χ0) is 8.65. The van der Waals surface area contributed by atoms with E-state index in [1.54, 1.807) is 14.8 Å². The minimum absolute atomic E-state index is 0.262. The van der Waals surface area contributed by atoms with E-state index in [4.69, 9.17) is 9.84 Å². The van der Waals surface area contributed by atoms with E-state index in [0.29, 0.717) is 0 Å². The van der Waals surface area contributed by atoms with Gasteiger partial charge in [-0.3, -0.25) is 0 Å². The molecule has 1 saturated heterocycles. The Bertz CT molecular complexity index is 150. The molecule has 5 heteroatoms. The molecule has 3 N–H and O–H groups in total. The zero-order valence-corrected chi connectivity index (χ0v) is 6.69. The molecule has 1 aliphatic rings. The highest BCUT2D eigenvalue weighted by atomic mass is 16.6. The van der Waals surface area contributed by atoms with Crippen LogP contribution in [0.15, 0.2) is 0 Å². The van der Waals surface area contributed by atoms with Gasteiger partial charge in [-0.15, -0.1) is 0 Å². The van der Waals surface area contributed by atoms with Crippen LogP contribution in [-0.4, -0.2) is 53.6 Å². The van der Waals surface area contributed by atoms with E-state index >= 15 is 0 Å². The van der Waals surface area contributed by atoms with Crippen molar-refractivity contribution in [3.8, 4) is 0 Å². The van der Waals surface area contributed by atoms with Gasteiger partial charge in [-0.05, 0) is 6.92 Å². The van der Waals surface area contributed by atoms with Crippen LogP contribution in [0.2, 0.25) is 0 Å². The fourth-order valence-corrected chi connectivity index (χ4v) is 1.29. The quantitative estimate of drug-likeness (QED) is 0.369. The average molecular weight is 160 g/mol. The summed E-state index contributed by atoms with van der Waals surface area (Å²) < 4.78 is 5.17. The van der Waals surface area contributed by atoms with Gasteiger partial charge < -0.3 is 20.1 Å². The fraction of sp³-hybridized carbons (Fsp3) is 1.00. The van der Waals surface area contributed by atoms with Crippen LogP contribution >= 0.6 is 0 Å². The van der Waals surface area contributed by atoms with Crippen molar-refractivity contribution in [3.63, 3.8) is 0 Å². The Morgan fingerprint density at radius 3 is 2.27 bits per heavy atom. The molecule has 1 fully saturated rings. The topological polar surface area (TPSA) is 69.9 Å². The van der Waals surface area contributed by atoms with Crippen LogP contribution in [0.5, 0.6) is 0 Å². The summed E-state index contributed by atoms with van der Waals surface area (Å²) in [7, 11) is 1.68. The Morgan fingerprint density at radius 1 is 1.55 bits per heavy atom. The van der Waals surface area contributed by atoms with Gasteiger partial charge in [0.2, 0.25) is 0 Å². The Hall–Kier alpha value is -0.0951. The van der Waals surface area contributed by atoms with Gasteiger partial charge >= 0.3 is 0 Å². The number of aliphatic hydroxyl groups is 3. The maximum absolute atomic E-state index is 9.34. The summed E-state index contributed by atoms with van der Waals surface area (Å²) in [6.07, 6.45) is -2.55. The molecule has 0 aromatic carbocycles. The van der Waals surface area contributed by atoms with Crippen molar-refractivity contribution >= 4 is 7.85 Å². The van der Waals surface area contributed by atoms with Crippen LogP contribution in [0.25, 0.3) is 0 Å². The number of hydrogen-bond acceptors (Lipinski definition) is 4. The van der Waals surface area contributed by atoms with Crippen LogP contribution < -0.4 is 0 Å². The summed E-state index contributed by atoms with van der Waals surface area (Å²) >= 11 is 0. The lowest BCUT2D eigenvalue weighted by atomic mass is 9.78. The summed E-state index contributed by atoms with van der Waals surface area (Å²) in [4.78, 5) is 0. The van der Waals surface area contributed by atoms with E-state index in [-0.39, 0.29) is 6.61 Å². The van der Waals surface area contributed by atoms with Crippen LogP contribution in [0.3, 0.4) is 0 Å². The number of rotatable bonds is 1. The van der Waals surface area contributed by atoms with Gasteiger partial charge in [0.1, 0.15) is 26.2 Å². The highest BCUT2D eigenvalue weighted by Crippen LogP contribution is 2.27. The Labute approximate surface area is 66.2 Å². The average Bonchev–Trinajstić information content (AvgIpc) is 2.13. The summed E-state index contributed by atoms with van der Waals surface area (Å²) in [5.41, 5.74) is -0.757. The van der Waals surface area contributed by atoms with E-state index in [9.17, 15) is 10.2 Å². The minimum atomic E-state index is -0.977. The smallest absolute Gasteiger partial charge is 0.146 e. The first-order chi connectivity index (χ1) is 4.99. The molecular weight excluding hydrogens is 147 g/mol. The third-order valence-corrected chi connectivity index (χ3v) is 2.05. The largest absolute Gasteiger partial charge is 0.394 e. The van der Waals surface area contributed by atoms with E-state index in [2.05, 4.69) is 0 Å². The number of hydrogen-bond donors (Lipinski definition) is 3. The van der Waals surface area contributed by atoms with E-state index in [0.717, 1.165) is 0 Å². The Kier molecular flexibility index (Phi) is 2.25. The van der Waals surface area contributed by atoms with Gasteiger partial charge in [0.15, 0.2) is 0 Å². The van der Waals surface area contributed by atoms with Crippen molar-refractivity contribution in [2.24, 2.45) is 0 Å². The van der Waals surface area contributed by atoms with Gasteiger partial charge in [-0.25, -0.2) is 0 Å². The van der Waals surface area contributed by atoms with E-state index in [1.807, 2.05) is 0 Å². The third kappa shape index (κ3) is 1.42. The normalized spacial score (nSPS) is 51.5. The standard InChI is InChI=1S/C6H13BO4/c1-6(7)5(10)4(9)3(2-8)11-6/h3-5,8-10H,2,7H2,1H3/t3-,4+,5?,6?/m1/s1. The molecule has 1 heterocycles. The van der Waals surface area contributed by atoms with Crippen LogP contribution in [-0.2, 0) is 4.74 Å². The van der Waals surface area contributed by atoms with Crippen molar-refractivity contribution in [2.75, 3.05) is 6.61 Å². The van der Waals surface area contributed by atoms with Crippen LogP contribution in [0.4, 0.5) is 0 Å². The first-order valence-corrected chi connectivity index (χ1v) is 3.64. The van der Waals surface area contributed by atoms with Gasteiger partial charge in [-0.2, -0.15) is 0 Å².